The zero-order valence-electron chi connectivity index (χ0n) is 18.3. The van der Waals surface area contributed by atoms with E-state index in [1.807, 2.05) is 18.2 Å². The molecule has 1 heterocycles. The highest BCUT2D eigenvalue weighted by molar-refractivity contribution is 6.07. The Kier molecular flexibility index (Phi) is 4.60. The van der Waals surface area contributed by atoms with E-state index in [2.05, 4.69) is 5.32 Å². The van der Waals surface area contributed by atoms with Crippen LogP contribution in [0.15, 0.2) is 18.2 Å². The number of rotatable bonds is 3. The highest BCUT2D eigenvalue weighted by atomic mass is 16.3. The Morgan fingerprint density at radius 1 is 0.938 bits per heavy atom. The summed E-state index contributed by atoms with van der Waals surface area (Å²) in [5, 5.41) is 24.8. The van der Waals surface area contributed by atoms with E-state index in [1.54, 1.807) is 4.57 Å². The highest BCUT2D eigenvalue weighted by Crippen LogP contribution is 2.61. The van der Waals surface area contributed by atoms with Crippen LogP contribution in [0.25, 0.3) is 0 Å². The molecule has 0 spiro atoms. The molecule has 2 atom stereocenters. The molecular formula is C26H30N2O4. The average Bonchev–Trinajstić information content (AvgIpc) is 3.48. The summed E-state index contributed by atoms with van der Waals surface area (Å²) in [5.74, 6) is 1.26. The number of anilines is 1. The van der Waals surface area contributed by atoms with Gasteiger partial charge in [-0.2, -0.15) is 0 Å². The van der Waals surface area contributed by atoms with Gasteiger partial charge in [0, 0.05) is 35.1 Å². The Morgan fingerprint density at radius 3 is 2.31 bits per heavy atom. The molecule has 6 rings (SSSR count). The first-order chi connectivity index (χ1) is 15.5. The molecule has 168 valence electrons. The number of aromatic nitrogens is 1. The van der Waals surface area contributed by atoms with E-state index in [4.69, 9.17) is 0 Å². The van der Waals surface area contributed by atoms with Gasteiger partial charge in [-0.15, -0.1) is 0 Å². The quantitative estimate of drug-likeness (QED) is 0.623. The number of fused-ring (bicyclic) bond motifs is 6. The van der Waals surface area contributed by atoms with Crippen LogP contribution in [0.1, 0.15) is 103 Å². The van der Waals surface area contributed by atoms with Gasteiger partial charge < -0.3 is 15.5 Å². The standard InChI is InChI=1S/C26H30N2O4/c29-20-6-2-4-14-3-1-5-19(21(14)20)27-24(30)15-9-11-18(12-10-15)28-25(31)22-16-7-8-17(13-16)23(22)26(28)32/h1,3,5,15-18,31-32H,2,4,6-13H2,(H,27,30)/t15?,16-,17+,18?. The average molecular weight is 435 g/mol. The minimum Gasteiger partial charge on any atom is -0.494 e. The summed E-state index contributed by atoms with van der Waals surface area (Å²) in [6.45, 7) is 0. The maximum Gasteiger partial charge on any atom is 0.227 e. The molecular weight excluding hydrogens is 404 g/mol. The number of Topliss-reactive ketones (excluding diaryl/α,β-unsaturated/α-hetero) is 1. The van der Waals surface area contributed by atoms with Gasteiger partial charge >= 0.3 is 0 Å². The van der Waals surface area contributed by atoms with Crippen molar-refractivity contribution in [3.63, 3.8) is 0 Å². The molecule has 0 unspecified atom stereocenters. The van der Waals surface area contributed by atoms with Gasteiger partial charge in [0.05, 0.1) is 5.69 Å². The zero-order valence-corrected chi connectivity index (χ0v) is 18.3. The summed E-state index contributed by atoms with van der Waals surface area (Å²) >= 11 is 0. The third-order valence-electron chi connectivity index (χ3n) is 8.45. The van der Waals surface area contributed by atoms with E-state index >= 15 is 0 Å². The summed E-state index contributed by atoms with van der Waals surface area (Å²) in [4.78, 5) is 25.5. The van der Waals surface area contributed by atoms with Crippen LogP contribution in [0.5, 0.6) is 11.8 Å². The lowest BCUT2D eigenvalue weighted by molar-refractivity contribution is -0.121. The van der Waals surface area contributed by atoms with Gasteiger partial charge in [-0.05, 0) is 81.3 Å². The molecule has 6 heteroatoms. The van der Waals surface area contributed by atoms with Gasteiger partial charge in [0.15, 0.2) is 17.5 Å². The molecule has 2 fully saturated rings. The summed E-state index contributed by atoms with van der Waals surface area (Å²) < 4.78 is 1.75. The number of ketones is 1. The smallest absolute Gasteiger partial charge is 0.227 e. The SMILES string of the molecule is O=C1CCCc2cccc(NC(=O)C3CCC(n4c(O)c5c(c4O)[C@H]4CC[C@@H]5C4)CC3)c21. The first-order valence-corrected chi connectivity index (χ1v) is 12.1. The Hall–Kier alpha value is -2.76. The van der Waals surface area contributed by atoms with Gasteiger partial charge in [-0.3, -0.25) is 14.2 Å². The van der Waals surface area contributed by atoms with Crippen LogP contribution in [0.4, 0.5) is 5.69 Å². The van der Waals surface area contributed by atoms with Crippen molar-refractivity contribution in [2.24, 2.45) is 5.92 Å². The lowest BCUT2D eigenvalue weighted by Crippen LogP contribution is -2.29. The van der Waals surface area contributed by atoms with Crippen molar-refractivity contribution in [1.29, 1.82) is 0 Å². The fourth-order valence-corrected chi connectivity index (χ4v) is 6.89. The van der Waals surface area contributed by atoms with E-state index < -0.39 is 0 Å². The van der Waals surface area contributed by atoms with Gasteiger partial charge in [-0.1, -0.05) is 12.1 Å². The van der Waals surface area contributed by atoms with Gasteiger partial charge in [0.1, 0.15) is 0 Å². The first kappa shape index (κ1) is 19.9. The van der Waals surface area contributed by atoms with Crippen molar-refractivity contribution in [2.75, 3.05) is 5.32 Å². The molecule has 0 radical (unpaired) electrons. The van der Waals surface area contributed by atoms with Crippen LogP contribution in [-0.4, -0.2) is 26.5 Å². The topological polar surface area (TPSA) is 91.6 Å². The van der Waals surface area contributed by atoms with E-state index in [1.165, 1.54) is 0 Å². The number of benzene rings is 1. The predicted octanol–water partition coefficient (Wildman–Crippen LogP) is 5.15. The Bertz CT molecular complexity index is 1080. The van der Waals surface area contributed by atoms with Crippen molar-refractivity contribution in [3.8, 4) is 11.8 Å². The molecule has 4 aliphatic rings. The van der Waals surface area contributed by atoms with E-state index in [9.17, 15) is 19.8 Å². The molecule has 32 heavy (non-hydrogen) atoms. The predicted molar refractivity (Wildman–Crippen MR) is 120 cm³/mol. The van der Waals surface area contributed by atoms with Crippen LogP contribution < -0.4 is 5.32 Å². The second-order valence-electron chi connectivity index (χ2n) is 10.2. The maximum atomic E-state index is 13.0. The lowest BCUT2D eigenvalue weighted by Gasteiger charge is -2.30. The number of nitrogens with zero attached hydrogens (tertiary/aromatic N) is 1. The molecule has 2 aromatic rings. The van der Waals surface area contributed by atoms with Crippen LogP contribution in [0.2, 0.25) is 0 Å². The fraction of sp³-hybridized carbons (Fsp3) is 0.538. The van der Waals surface area contributed by atoms with Crippen molar-refractivity contribution >= 4 is 17.4 Å². The van der Waals surface area contributed by atoms with Gasteiger partial charge in [0.2, 0.25) is 5.91 Å². The molecule has 6 nitrogen and oxygen atoms in total. The summed E-state index contributed by atoms with van der Waals surface area (Å²) in [5.41, 5.74) is 4.33. The number of aromatic hydroxyl groups is 2. The Balaban J connectivity index is 1.16. The lowest BCUT2D eigenvalue weighted by atomic mass is 9.84. The fourth-order valence-electron chi connectivity index (χ4n) is 6.89. The normalized spacial score (nSPS) is 28.4. The summed E-state index contributed by atoms with van der Waals surface area (Å²) in [6.07, 6.45) is 8.46. The highest BCUT2D eigenvalue weighted by Gasteiger charge is 2.45. The van der Waals surface area contributed by atoms with E-state index in [-0.39, 0.29) is 35.4 Å². The third kappa shape index (κ3) is 2.91. The second kappa shape index (κ2) is 7.39. The molecule has 4 aliphatic carbocycles. The molecule has 1 aromatic heterocycles. The number of carbonyl (C=O) groups excluding carboxylic acids is 2. The molecule has 1 aromatic carbocycles. The summed E-state index contributed by atoms with van der Waals surface area (Å²) in [7, 11) is 0. The summed E-state index contributed by atoms with van der Waals surface area (Å²) in [6, 6.07) is 5.74. The third-order valence-corrected chi connectivity index (χ3v) is 8.45. The maximum absolute atomic E-state index is 13.0. The van der Waals surface area contributed by atoms with Crippen molar-refractivity contribution in [1.82, 2.24) is 4.57 Å². The van der Waals surface area contributed by atoms with Crippen molar-refractivity contribution in [3.05, 3.63) is 40.5 Å². The van der Waals surface area contributed by atoms with E-state index in [0.29, 0.717) is 42.3 Å². The first-order valence-electron chi connectivity index (χ1n) is 12.1. The zero-order chi connectivity index (χ0) is 22.0. The van der Waals surface area contributed by atoms with Crippen LogP contribution in [0.3, 0.4) is 0 Å². The molecule has 0 saturated heterocycles. The minimum absolute atomic E-state index is 0.0233. The number of amides is 1. The molecule has 3 N–H and O–H groups in total. The number of nitrogens with one attached hydrogen (secondary N) is 1. The number of carbonyl (C=O) groups is 2. The Labute approximate surface area is 187 Å². The van der Waals surface area contributed by atoms with Crippen LogP contribution in [0, 0.1) is 5.92 Å². The largest absolute Gasteiger partial charge is 0.494 e. The number of hydrogen-bond donors (Lipinski definition) is 3. The van der Waals surface area contributed by atoms with Gasteiger partial charge in [0.25, 0.3) is 0 Å². The number of hydrogen-bond acceptors (Lipinski definition) is 4. The molecule has 1 amide bonds. The second-order valence-corrected chi connectivity index (χ2v) is 10.2. The monoisotopic (exact) mass is 434 g/mol. The van der Waals surface area contributed by atoms with Crippen molar-refractivity contribution < 1.29 is 19.8 Å². The van der Waals surface area contributed by atoms with E-state index in [0.717, 1.165) is 61.6 Å². The van der Waals surface area contributed by atoms with Crippen molar-refractivity contribution in [2.45, 2.75) is 82.1 Å². The van der Waals surface area contributed by atoms with Gasteiger partial charge in [-0.25, -0.2) is 0 Å². The van der Waals surface area contributed by atoms with Crippen LogP contribution in [-0.2, 0) is 11.2 Å². The van der Waals surface area contributed by atoms with Crippen LogP contribution >= 0.6 is 0 Å². The molecule has 2 bridgehead atoms. The minimum atomic E-state index is -0.122. The number of aryl methyl sites for hydroxylation is 1. The Morgan fingerprint density at radius 2 is 1.62 bits per heavy atom. The molecule has 0 aliphatic heterocycles. The molecule has 2 saturated carbocycles.